The van der Waals surface area contributed by atoms with Gasteiger partial charge in [-0.15, -0.1) is 12.4 Å². The van der Waals surface area contributed by atoms with Gasteiger partial charge in [-0.3, -0.25) is 4.79 Å². The third-order valence-corrected chi connectivity index (χ3v) is 4.90. The van der Waals surface area contributed by atoms with Crippen molar-refractivity contribution in [2.24, 2.45) is 16.8 Å². The van der Waals surface area contributed by atoms with Gasteiger partial charge in [0.05, 0.1) is 17.6 Å². The van der Waals surface area contributed by atoms with Crippen LogP contribution < -0.4 is 15.6 Å². The SMILES string of the molecule is COc1ccc(S(N)(=O)=O)cc1C(=O)N1CC(CN)CC1C.Cl. The molecular formula is C14H22ClN3O4S. The molecular weight excluding hydrogens is 342 g/mol. The second-order valence-electron chi connectivity index (χ2n) is 5.55. The number of hydrogen-bond acceptors (Lipinski definition) is 5. The van der Waals surface area contributed by atoms with Crippen molar-refractivity contribution in [3.63, 3.8) is 0 Å². The summed E-state index contributed by atoms with van der Waals surface area (Å²) < 4.78 is 28.1. The second-order valence-corrected chi connectivity index (χ2v) is 7.11. The van der Waals surface area contributed by atoms with Gasteiger partial charge in [-0.2, -0.15) is 0 Å². The third-order valence-electron chi connectivity index (χ3n) is 3.99. The predicted molar refractivity (Wildman–Crippen MR) is 89.3 cm³/mol. The van der Waals surface area contributed by atoms with Crippen molar-refractivity contribution >= 4 is 28.3 Å². The average molecular weight is 364 g/mol. The molecule has 0 spiro atoms. The Labute approximate surface area is 142 Å². The van der Waals surface area contributed by atoms with Crippen molar-refractivity contribution < 1.29 is 17.9 Å². The molecule has 0 aromatic heterocycles. The van der Waals surface area contributed by atoms with Crippen LogP contribution in [0.5, 0.6) is 5.75 Å². The van der Waals surface area contributed by atoms with Crippen molar-refractivity contribution in [1.82, 2.24) is 4.90 Å². The zero-order chi connectivity index (χ0) is 16.5. The Morgan fingerprint density at radius 3 is 2.57 bits per heavy atom. The monoisotopic (exact) mass is 363 g/mol. The lowest BCUT2D eigenvalue weighted by molar-refractivity contribution is 0.0740. The van der Waals surface area contributed by atoms with Crippen LogP contribution in [0.2, 0.25) is 0 Å². The highest BCUT2D eigenvalue weighted by molar-refractivity contribution is 7.89. The Bertz CT molecular complexity index is 681. The number of carbonyl (C=O) groups excluding carboxylic acids is 1. The number of benzene rings is 1. The first kappa shape index (κ1) is 19.7. The fraction of sp³-hybridized carbons (Fsp3) is 0.500. The van der Waals surface area contributed by atoms with E-state index in [1.165, 1.54) is 25.3 Å². The first-order valence-electron chi connectivity index (χ1n) is 6.99. The van der Waals surface area contributed by atoms with Crippen LogP contribution in [0.25, 0.3) is 0 Å². The van der Waals surface area contributed by atoms with Gasteiger partial charge in [0.2, 0.25) is 10.0 Å². The summed E-state index contributed by atoms with van der Waals surface area (Å²) in [4.78, 5) is 14.3. The van der Waals surface area contributed by atoms with Gasteiger partial charge in [0, 0.05) is 12.6 Å². The third kappa shape index (κ3) is 4.14. The molecule has 1 amide bonds. The minimum Gasteiger partial charge on any atom is -0.496 e. The lowest BCUT2D eigenvalue weighted by Crippen LogP contribution is -2.34. The number of sulfonamides is 1. The van der Waals surface area contributed by atoms with Crippen molar-refractivity contribution in [2.45, 2.75) is 24.3 Å². The zero-order valence-electron chi connectivity index (χ0n) is 13.1. The molecule has 1 aromatic rings. The maximum absolute atomic E-state index is 12.7. The second kappa shape index (κ2) is 7.48. The molecule has 4 N–H and O–H groups in total. The van der Waals surface area contributed by atoms with E-state index in [4.69, 9.17) is 15.6 Å². The number of nitrogens with zero attached hydrogens (tertiary/aromatic N) is 1. The lowest BCUT2D eigenvalue weighted by Gasteiger charge is -2.23. The molecule has 0 saturated carbocycles. The molecule has 1 fully saturated rings. The lowest BCUT2D eigenvalue weighted by atomic mass is 10.1. The summed E-state index contributed by atoms with van der Waals surface area (Å²) >= 11 is 0. The van der Waals surface area contributed by atoms with Crippen molar-refractivity contribution in [3.8, 4) is 5.75 Å². The number of halogens is 1. The summed E-state index contributed by atoms with van der Waals surface area (Å²) in [7, 11) is -2.45. The summed E-state index contributed by atoms with van der Waals surface area (Å²) in [5, 5.41) is 5.13. The Morgan fingerprint density at radius 2 is 2.09 bits per heavy atom. The van der Waals surface area contributed by atoms with Gasteiger partial charge in [0.15, 0.2) is 0 Å². The largest absolute Gasteiger partial charge is 0.496 e. The van der Waals surface area contributed by atoms with Crippen LogP contribution in [-0.2, 0) is 10.0 Å². The number of amides is 1. The quantitative estimate of drug-likeness (QED) is 0.811. The number of nitrogens with two attached hydrogens (primary N) is 2. The molecule has 1 aromatic carbocycles. The molecule has 9 heteroatoms. The summed E-state index contributed by atoms with van der Waals surface area (Å²) in [5.74, 6) is 0.304. The molecule has 130 valence electrons. The number of likely N-dealkylation sites (tertiary alicyclic amines) is 1. The van der Waals surface area contributed by atoms with Crippen molar-refractivity contribution in [3.05, 3.63) is 23.8 Å². The standard InChI is InChI=1S/C14H21N3O4S.ClH/c1-9-5-10(7-15)8-17(9)14(18)12-6-11(22(16,19)20)3-4-13(12)21-2;/h3-4,6,9-10H,5,7-8,15H2,1-2H3,(H2,16,19,20);1H. The maximum atomic E-state index is 12.7. The van der Waals surface area contributed by atoms with E-state index in [9.17, 15) is 13.2 Å². The molecule has 2 atom stereocenters. The van der Waals surface area contributed by atoms with Gasteiger partial charge in [0.25, 0.3) is 5.91 Å². The van der Waals surface area contributed by atoms with Gasteiger partial charge >= 0.3 is 0 Å². The molecule has 2 unspecified atom stereocenters. The highest BCUT2D eigenvalue weighted by Crippen LogP contribution is 2.28. The maximum Gasteiger partial charge on any atom is 0.257 e. The van der Waals surface area contributed by atoms with Crippen LogP contribution >= 0.6 is 12.4 Å². The van der Waals surface area contributed by atoms with Crippen LogP contribution in [-0.4, -0.2) is 45.5 Å². The Kier molecular flexibility index (Phi) is 6.41. The van der Waals surface area contributed by atoms with E-state index in [2.05, 4.69) is 0 Å². The summed E-state index contributed by atoms with van der Waals surface area (Å²) in [6.07, 6.45) is 0.833. The van der Waals surface area contributed by atoms with Gasteiger partial charge in [0.1, 0.15) is 5.75 Å². The molecule has 23 heavy (non-hydrogen) atoms. The van der Waals surface area contributed by atoms with Crippen LogP contribution in [0, 0.1) is 5.92 Å². The van der Waals surface area contributed by atoms with Crippen LogP contribution in [0.1, 0.15) is 23.7 Å². The summed E-state index contributed by atoms with van der Waals surface area (Å²) in [5.41, 5.74) is 5.87. The highest BCUT2D eigenvalue weighted by atomic mass is 35.5. The molecule has 2 rings (SSSR count). The van der Waals surface area contributed by atoms with E-state index in [0.29, 0.717) is 18.8 Å². The van der Waals surface area contributed by atoms with Gasteiger partial charge < -0.3 is 15.4 Å². The van der Waals surface area contributed by atoms with Crippen LogP contribution in [0.4, 0.5) is 0 Å². The Hall–Kier alpha value is -1.35. The fourth-order valence-corrected chi connectivity index (χ4v) is 3.32. The molecule has 7 nitrogen and oxygen atoms in total. The number of methoxy groups -OCH3 is 1. The summed E-state index contributed by atoms with van der Waals surface area (Å²) in [6.45, 7) is 3.02. The normalized spacial score (nSPS) is 21.0. The predicted octanol–water partition coefficient (Wildman–Crippen LogP) is 0.574. The fourth-order valence-electron chi connectivity index (χ4n) is 2.78. The molecule has 1 heterocycles. The number of ether oxygens (including phenoxy) is 1. The van der Waals surface area contributed by atoms with Crippen LogP contribution in [0.3, 0.4) is 0 Å². The molecule has 0 bridgehead atoms. The molecule has 1 aliphatic rings. The molecule has 0 aliphatic carbocycles. The number of hydrogen-bond donors (Lipinski definition) is 2. The molecule has 0 radical (unpaired) electrons. The van der Waals surface area contributed by atoms with Gasteiger partial charge in [-0.05, 0) is 44.0 Å². The van der Waals surface area contributed by atoms with Gasteiger partial charge in [-0.1, -0.05) is 0 Å². The van der Waals surface area contributed by atoms with Crippen LogP contribution in [0.15, 0.2) is 23.1 Å². The summed E-state index contributed by atoms with van der Waals surface area (Å²) in [6, 6.07) is 4.07. The minimum absolute atomic E-state index is 0. The highest BCUT2D eigenvalue weighted by Gasteiger charge is 2.33. The first-order valence-corrected chi connectivity index (χ1v) is 8.54. The molecule has 1 saturated heterocycles. The number of rotatable bonds is 4. The van der Waals surface area contributed by atoms with Crippen molar-refractivity contribution in [2.75, 3.05) is 20.2 Å². The van der Waals surface area contributed by atoms with E-state index in [0.717, 1.165) is 6.42 Å². The smallest absolute Gasteiger partial charge is 0.257 e. The van der Waals surface area contributed by atoms with Gasteiger partial charge in [-0.25, -0.2) is 13.6 Å². The Balaban J connectivity index is 0.00000264. The minimum atomic E-state index is -3.88. The van der Waals surface area contributed by atoms with E-state index in [1.807, 2.05) is 6.92 Å². The Morgan fingerprint density at radius 1 is 1.43 bits per heavy atom. The van der Waals surface area contributed by atoms with Crippen molar-refractivity contribution in [1.29, 1.82) is 0 Å². The van der Waals surface area contributed by atoms with E-state index in [-0.39, 0.29) is 40.7 Å². The number of primary sulfonamides is 1. The van der Waals surface area contributed by atoms with E-state index in [1.54, 1.807) is 4.90 Å². The zero-order valence-corrected chi connectivity index (χ0v) is 14.7. The molecule has 1 aliphatic heterocycles. The van der Waals surface area contributed by atoms with E-state index < -0.39 is 10.0 Å². The number of carbonyl (C=O) groups is 1. The topological polar surface area (TPSA) is 116 Å². The first-order chi connectivity index (χ1) is 10.3. The average Bonchev–Trinajstić information content (AvgIpc) is 2.86. The van der Waals surface area contributed by atoms with E-state index >= 15 is 0 Å².